The van der Waals surface area contributed by atoms with Crippen molar-refractivity contribution < 1.29 is 27.2 Å². The van der Waals surface area contributed by atoms with Crippen LogP contribution in [-0.4, -0.2) is 26.3 Å². The van der Waals surface area contributed by atoms with E-state index in [1.165, 1.54) is 6.07 Å². The molecule has 0 aliphatic carbocycles. The fraction of sp³-hybridized carbons (Fsp3) is 0.100. The van der Waals surface area contributed by atoms with Crippen LogP contribution in [0, 0.1) is 0 Å². The van der Waals surface area contributed by atoms with Crippen molar-refractivity contribution in [1.29, 1.82) is 0 Å². The lowest BCUT2D eigenvalue weighted by atomic mass is 10.2. The second-order valence-electron chi connectivity index (χ2n) is 3.64. The van der Waals surface area contributed by atoms with Crippen LogP contribution >= 0.6 is 19.6 Å². The van der Waals surface area contributed by atoms with Gasteiger partial charge in [0.05, 0.1) is 0 Å². The summed E-state index contributed by atoms with van der Waals surface area (Å²) in [7, 11) is -6.68. The second-order valence-corrected chi connectivity index (χ2v) is 7.45. The van der Waals surface area contributed by atoms with Gasteiger partial charge in [0.15, 0.2) is 6.73 Å². The average molecular weight is 334 g/mol. The van der Waals surface area contributed by atoms with Gasteiger partial charge >= 0.3 is 8.25 Å². The number of carbonyl (C=O) groups is 1. The molecule has 0 saturated heterocycles. The summed E-state index contributed by atoms with van der Waals surface area (Å²) in [6.45, 7) is -0.595. The Morgan fingerprint density at radius 1 is 1.40 bits per heavy atom. The molecule has 10 heteroatoms. The van der Waals surface area contributed by atoms with Gasteiger partial charge in [0, 0.05) is 14.8 Å². The lowest BCUT2D eigenvalue weighted by molar-refractivity contribution is 0.112. The van der Waals surface area contributed by atoms with Crippen LogP contribution < -0.4 is 4.72 Å². The first-order chi connectivity index (χ1) is 9.42. The van der Waals surface area contributed by atoms with Crippen molar-refractivity contribution >= 4 is 46.0 Å². The van der Waals surface area contributed by atoms with E-state index < -0.39 is 25.0 Å². The maximum Gasteiger partial charge on any atom is 0.696 e. The Morgan fingerprint density at radius 2 is 2.15 bits per heavy atom. The van der Waals surface area contributed by atoms with E-state index in [1.54, 1.807) is 18.2 Å². The van der Waals surface area contributed by atoms with Crippen LogP contribution in [0.25, 0.3) is 10.1 Å². The molecule has 2 rings (SSSR count). The van der Waals surface area contributed by atoms with Crippen LogP contribution in [0.3, 0.4) is 0 Å². The van der Waals surface area contributed by atoms with Crippen LogP contribution in [0.5, 0.6) is 0 Å². The molecule has 1 heterocycles. The lowest BCUT2D eigenvalue weighted by Gasteiger charge is -1.98. The maximum atomic E-state index is 11.9. The number of hydrogen-bond acceptors (Lipinski definition) is 6. The minimum absolute atomic E-state index is 0.0346. The molecule has 1 aromatic heterocycles. The van der Waals surface area contributed by atoms with Crippen LogP contribution in [0.1, 0.15) is 10.4 Å². The molecule has 0 aliphatic heterocycles. The van der Waals surface area contributed by atoms with Gasteiger partial charge in [0.25, 0.3) is 10.0 Å². The van der Waals surface area contributed by atoms with Crippen molar-refractivity contribution in [3.8, 4) is 0 Å². The topological polar surface area (TPSA) is 110 Å². The Labute approximate surface area is 119 Å². The number of carbonyl (C=O) groups excluding carboxylic acids is 1. The highest BCUT2D eigenvalue weighted by atomic mass is 32.2. The monoisotopic (exact) mass is 334 g/mol. The molecule has 2 aromatic rings. The third-order valence-electron chi connectivity index (χ3n) is 2.34. The van der Waals surface area contributed by atoms with Crippen molar-refractivity contribution in [2.45, 2.75) is 4.21 Å². The number of hydrogen-bond donors (Lipinski definition) is 2. The van der Waals surface area contributed by atoms with Gasteiger partial charge in [-0.2, -0.15) is 4.72 Å². The number of thiophene rings is 1. The van der Waals surface area contributed by atoms with Crippen molar-refractivity contribution in [2.24, 2.45) is 0 Å². The minimum Gasteiger partial charge on any atom is -0.298 e. The zero-order valence-corrected chi connectivity index (χ0v) is 12.4. The number of rotatable bonds is 6. The summed E-state index contributed by atoms with van der Waals surface area (Å²) >= 11 is 1.02. The van der Waals surface area contributed by atoms with E-state index in [2.05, 4.69) is 4.52 Å². The Kier molecular flexibility index (Phi) is 4.59. The largest absolute Gasteiger partial charge is 0.696 e. The first-order valence-corrected chi connectivity index (χ1v) is 8.63. The SMILES string of the molecule is O=Cc1ccc2sc(S(=O)(=O)NCO[P+](=O)O)cc2c1. The number of fused-ring (bicyclic) bond motifs is 1. The first-order valence-electron chi connectivity index (χ1n) is 5.20. The van der Waals surface area contributed by atoms with Gasteiger partial charge < -0.3 is 0 Å². The highest BCUT2D eigenvalue weighted by Crippen LogP contribution is 2.29. The molecule has 0 radical (unpaired) electrons. The zero-order chi connectivity index (χ0) is 14.8. The molecular weight excluding hydrogens is 325 g/mol. The van der Waals surface area contributed by atoms with E-state index in [0.717, 1.165) is 11.3 Å². The summed E-state index contributed by atoms with van der Waals surface area (Å²) in [4.78, 5) is 19.1. The Balaban J connectivity index is 2.27. The van der Waals surface area contributed by atoms with E-state index in [-0.39, 0.29) is 4.21 Å². The van der Waals surface area contributed by atoms with Gasteiger partial charge in [0.1, 0.15) is 10.5 Å². The fourth-order valence-electron chi connectivity index (χ4n) is 1.47. The van der Waals surface area contributed by atoms with E-state index in [1.807, 2.05) is 4.72 Å². The standard InChI is InChI=1S/C10H8NO6PS2/c12-5-7-1-2-9-8(3-7)4-10(19-9)20(15,16)11-6-17-18(13)14/h1-5,11H,6H2/p+1. The van der Waals surface area contributed by atoms with Crippen LogP contribution in [0.15, 0.2) is 28.5 Å². The third kappa shape index (κ3) is 3.45. The molecule has 0 fully saturated rings. The Hall–Kier alpha value is -1.22. The van der Waals surface area contributed by atoms with Crippen molar-refractivity contribution in [3.05, 3.63) is 29.8 Å². The zero-order valence-electron chi connectivity index (χ0n) is 9.85. The molecule has 20 heavy (non-hydrogen) atoms. The lowest BCUT2D eigenvalue weighted by Crippen LogP contribution is -2.24. The molecule has 0 saturated carbocycles. The number of aldehydes is 1. The molecule has 7 nitrogen and oxygen atoms in total. The quantitative estimate of drug-likeness (QED) is 0.472. The first kappa shape index (κ1) is 15.2. The summed E-state index contributed by atoms with van der Waals surface area (Å²) in [6, 6.07) is 6.26. The fourth-order valence-corrected chi connectivity index (χ4v) is 4.03. The predicted molar refractivity (Wildman–Crippen MR) is 73.3 cm³/mol. The summed E-state index contributed by atoms with van der Waals surface area (Å²) in [5, 5.41) is 0.633. The van der Waals surface area contributed by atoms with Crippen LogP contribution in [0.2, 0.25) is 0 Å². The average Bonchev–Trinajstić information content (AvgIpc) is 2.81. The van der Waals surface area contributed by atoms with Crippen molar-refractivity contribution in [1.82, 2.24) is 4.72 Å². The summed E-state index contributed by atoms with van der Waals surface area (Å²) < 4.78 is 41.1. The molecule has 0 bridgehead atoms. The molecule has 0 spiro atoms. The third-order valence-corrected chi connectivity index (χ3v) is 5.66. The van der Waals surface area contributed by atoms with E-state index in [9.17, 15) is 17.8 Å². The van der Waals surface area contributed by atoms with Crippen LogP contribution in [0.4, 0.5) is 0 Å². The van der Waals surface area contributed by atoms with Gasteiger partial charge in [-0.3, -0.25) is 4.79 Å². The highest BCUT2D eigenvalue weighted by molar-refractivity contribution is 7.91. The van der Waals surface area contributed by atoms with Crippen molar-refractivity contribution in [3.63, 3.8) is 0 Å². The van der Waals surface area contributed by atoms with Gasteiger partial charge in [-0.05, 0) is 23.6 Å². The molecule has 2 N–H and O–H groups in total. The molecule has 0 amide bonds. The molecule has 1 unspecified atom stereocenters. The van der Waals surface area contributed by atoms with E-state index >= 15 is 0 Å². The van der Waals surface area contributed by atoms with E-state index in [4.69, 9.17) is 4.89 Å². The predicted octanol–water partition coefficient (Wildman–Crippen LogP) is 1.62. The summed E-state index contributed by atoms with van der Waals surface area (Å²) in [6.07, 6.45) is 0.676. The minimum atomic E-state index is -3.82. The number of sulfonamides is 1. The summed E-state index contributed by atoms with van der Waals surface area (Å²) in [5.41, 5.74) is 0.452. The van der Waals surface area contributed by atoms with Gasteiger partial charge in [0.2, 0.25) is 0 Å². The molecule has 0 aliphatic rings. The molecule has 1 aromatic carbocycles. The molecular formula is C10H9NO6PS2+. The van der Waals surface area contributed by atoms with Gasteiger partial charge in [-0.15, -0.1) is 20.8 Å². The molecule has 1 atom stereocenters. The Bertz CT molecular complexity index is 769. The second kappa shape index (κ2) is 6.04. The summed E-state index contributed by atoms with van der Waals surface area (Å²) in [5.74, 6) is 0. The smallest absolute Gasteiger partial charge is 0.298 e. The van der Waals surface area contributed by atoms with Crippen molar-refractivity contribution in [2.75, 3.05) is 6.73 Å². The number of nitrogens with one attached hydrogen (secondary N) is 1. The van der Waals surface area contributed by atoms with Gasteiger partial charge in [-0.1, -0.05) is 6.07 Å². The van der Waals surface area contributed by atoms with Gasteiger partial charge in [-0.25, -0.2) is 8.42 Å². The van der Waals surface area contributed by atoms with Crippen LogP contribution in [-0.2, 0) is 19.1 Å². The maximum absolute atomic E-state index is 11.9. The number of benzene rings is 1. The Morgan fingerprint density at radius 3 is 2.80 bits per heavy atom. The highest BCUT2D eigenvalue weighted by Gasteiger charge is 2.20. The molecule has 106 valence electrons. The normalized spacial score (nSPS) is 12.6. The van der Waals surface area contributed by atoms with E-state index in [0.29, 0.717) is 21.9 Å².